The summed E-state index contributed by atoms with van der Waals surface area (Å²) in [4.78, 5) is 10.7. The zero-order valence-corrected chi connectivity index (χ0v) is 9.52. The molecule has 0 aliphatic carbocycles. The number of esters is 1. The molecule has 0 aliphatic heterocycles. The molecule has 2 N–H and O–H groups in total. The van der Waals surface area contributed by atoms with Gasteiger partial charge in [0.2, 0.25) is 0 Å². The second-order valence-corrected chi connectivity index (χ2v) is 3.72. The molecular formula is C11H13ClNO2. The van der Waals surface area contributed by atoms with E-state index in [4.69, 9.17) is 22.1 Å². The summed E-state index contributed by atoms with van der Waals surface area (Å²) in [7, 11) is 0. The van der Waals surface area contributed by atoms with Crippen LogP contribution in [0.4, 0.5) is 5.69 Å². The van der Waals surface area contributed by atoms with Gasteiger partial charge < -0.3 is 10.5 Å². The van der Waals surface area contributed by atoms with Gasteiger partial charge in [-0.2, -0.15) is 0 Å². The van der Waals surface area contributed by atoms with Crippen molar-refractivity contribution < 1.29 is 9.53 Å². The molecule has 0 atom stereocenters. The van der Waals surface area contributed by atoms with Gasteiger partial charge >= 0.3 is 5.97 Å². The molecule has 0 heterocycles. The maximum atomic E-state index is 10.7. The van der Waals surface area contributed by atoms with Crippen molar-refractivity contribution in [2.45, 2.75) is 20.5 Å². The maximum absolute atomic E-state index is 10.7. The molecule has 0 bridgehead atoms. The Bertz CT molecular complexity index is 402. The smallest absolute Gasteiger partial charge is 0.302 e. The minimum atomic E-state index is -0.331. The van der Waals surface area contributed by atoms with Gasteiger partial charge in [0.05, 0.1) is 10.7 Å². The van der Waals surface area contributed by atoms with E-state index in [1.165, 1.54) is 6.92 Å². The van der Waals surface area contributed by atoms with E-state index in [-0.39, 0.29) is 12.6 Å². The number of hydrogen-bond acceptors (Lipinski definition) is 3. The van der Waals surface area contributed by atoms with Crippen LogP contribution in [-0.4, -0.2) is 5.97 Å². The number of anilines is 1. The first-order valence-corrected chi connectivity index (χ1v) is 4.84. The normalized spacial score (nSPS) is 10.1. The second kappa shape index (κ2) is 4.53. The number of nitrogens with two attached hydrogens (primary N) is 1. The standard InChI is InChI=1S/C11H13ClNO2/c1-6-4-10(12)11(13)7(2)9(6)5-15-8(3)14/h4H,1,5,13H2,2-3H3. The fourth-order valence-electron chi connectivity index (χ4n) is 1.28. The van der Waals surface area contributed by atoms with Crippen molar-refractivity contribution in [3.63, 3.8) is 0 Å². The number of benzene rings is 1. The topological polar surface area (TPSA) is 52.3 Å². The molecule has 0 spiro atoms. The average Bonchev–Trinajstić information content (AvgIpc) is 2.14. The number of ether oxygens (including phenoxy) is 1. The predicted octanol–water partition coefficient (Wildman–Crippen LogP) is 2.48. The largest absolute Gasteiger partial charge is 0.461 e. The lowest BCUT2D eigenvalue weighted by atomic mass is 10.0. The van der Waals surface area contributed by atoms with Gasteiger partial charge in [-0.05, 0) is 36.6 Å². The van der Waals surface area contributed by atoms with Gasteiger partial charge in [-0.1, -0.05) is 11.6 Å². The van der Waals surface area contributed by atoms with E-state index in [1.807, 2.05) is 6.92 Å². The summed E-state index contributed by atoms with van der Waals surface area (Å²) >= 11 is 5.88. The van der Waals surface area contributed by atoms with Crippen molar-refractivity contribution >= 4 is 23.3 Å². The van der Waals surface area contributed by atoms with Crippen molar-refractivity contribution in [1.82, 2.24) is 0 Å². The minimum absolute atomic E-state index is 0.182. The van der Waals surface area contributed by atoms with Gasteiger partial charge in [0.1, 0.15) is 6.61 Å². The number of nitrogen functional groups attached to an aromatic ring is 1. The SMILES string of the molecule is [CH2]c1cc(Cl)c(N)c(C)c1COC(C)=O. The summed E-state index contributed by atoms with van der Waals surface area (Å²) in [6.45, 7) is 7.20. The summed E-state index contributed by atoms with van der Waals surface area (Å²) in [5.74, 6) is -0.331. The van der Waals surface area contributed by atoms with Gasteiger partial charge in [0.15, 0.2) is 0 Å². The van der Waals surface area contributed by atoms with E-state index in [0.29, 0.717) is 10.7 Å². The Hall–Kier alpha value is -1.22. The monoisotopic (exact) mass is 226 g/mol. The number of carbonyl (C=O) groups is 1. The molecule has 0 saturated carbocycles. The Labute approximate surface area is 94.2 Å². The Kier molecular flexibility index (Phi) is 3.58. The van der Waals surface area contributed by atoms with Gasteiger partial charge in [0.25, 0.3) is 0 Å². The number of hydrogen-bond donors (Lipinski definition) is 1. The van der Waals surface area contributed by atoms with E-state index in [0.717, 1.165) is 16.7 Å². The molecule has 0 amide bonds. The molecule has 0 aromatic heterocycles. The lowest BCUT2D eigenvalue weighted by Gasteiger charge is -2.13. The van der Waals surface area contributed by atoms with E-state index >= 15 is 0 Å². The highest BCUT2D eigenvalue weighted by Gasteiger charge is 2.10. The predicted molar refractivity (Wildman–Crippen MR) is 60.5 cm³/mol. The zero-order valence-electron chi connectivity index (χ0n) is 8.76. The first-order valence-electron chi connectivity index (χ1n) is 4.46. The van der Waals surface area contributed by atoms with E-state index in [1.54, 1.807) is 6.07 Å². The maximum Gasteiger partial charge on any atom is 0.302 e. The lowest BCUT2D eigenvalue weighted by Crippen LogP contribution is -2.05. The van der Waals surface area contributed by atoms with Crippen LogP contribution in [0.1, 0.15) is 23.6 Å². The second-order valence-electron chi connectivity index (χ2n) is 3.31. The molecule has 0 fully saturated rings. The minimum Gasteiger partial charge on any atom is -0.461 e. The third kappa shape index (κ3) is 2.63. The van der Waals surface area contributed by atoms with Crippen LogP contribution in [-0.2, 0) is 16.1 Å². The van der Waals surface area contributed by atoms with Gasteiger partial charge in [0, 0.05) is 6.92 Å². The van der Waals surface area contributed by atoms with Crippen molar-refractivity contribution in [3.05, 3.63) is 34.7 Å². The quantitative estimate of drug-likeness (QED) is 0.623. The Balaban J connectivity index is 3.07. The first kappa shape index (κ1) is 11.9. The molecule has 15 heavy (non-hydrogen) atoms. The van der Waals surface area contributed by atoms with Crippen LogP contribution in [0.5, 0.6) is 0 Å². The summed E-state index contributed by atoms with van der Waals surface area (Å²) in [5.41, 5.74) is 8.62. The lowest BCUT2D eigenvalue weighted by molar-refractivity contribution is -0.142. The summed E-state index contributed by atoms with van der Waals surface area (Å²) in [6.07, 6.45) is 0. The van der Waals surface area contributed by atoms with E-state index in [2.05, 4.69) is 6.92 Å². The first-order chi connectivity index (χ1) is 6.93. The molecule has 1 rings (SSSR count). The molecule has 1 aromatic carbocycles. The molecule has 0 unspecified atom stereocenters. The molecule has 4 heteroatoms. The number of halogens is 1. The fraction of sp³-hybridized carbons (Fsp3) is 0.273. The molecule has 1 radical (unpaired) electrons. The molecule has 0 saturated heterocycles. The van der Waals surface area contributed by atoms with Crippen LogP contribution in [0.25, 0.3) is 0 Å². The van der Waals surface area contributed by atoms with Crippen molar-refractivity contribution in [3.8, 4) is 0 Å². The summed E-state index contributed by atoms with van der Waals surface area (Å²) < 4.78 is 4.91. The highest BCUT2D eigenvalue weighted by Crippen LogP contribution is 2.28. The average molecular weight is 227 g/mol. The highest BCUT2D eigenvalue weighted by atomic mass is 35.5. The highest BCUT2D eigenvalue weighted by molar-refractivity contribution is 6.33. The van der Waals surface area contributed by atoms with E-state index in [9.17, 15) is 4.79 Å². The van der Waals surface area contributed by atoms with E-state index < -0.39 is 0 Å². The van der Waals surface area contributed by atoms with Crippen LogP contribution in [0.2, 0.25) is 5.02 Å². The molecule has 0 aliphatic rings. The molecule has 1 aromatic rings. The van der Waals surface area contributed by atoms with Crippen molar-refractivity contribution in [1.29, 1.82) is 0 Å². The van der Waals surface area contributed by atoms with Crippen LogP contribution < -0.4 is 5.73 Å². The van der Waals surface area contributed by atoms with Crippen LogP contribution in [0, 0.1) is 13.8 Å². The van der Waals surface area contributed by atoms with Crippen molar-refractivity contribution in [2.24, 2.45) is 0 Å². The van der Waals surface area contributed by atoms with Crippen molar-refractivity contribution in [2.75, 3.05) is 5.73 Å². The number of rotatable bonds is 2. The third-order valence-electron chi connectivity index (χ3n) is 2.22. The zero-order chi connectivity index (χ0) is 11.6. The molecular weight excluding hydrogens is 214 g/mol. The van der Waals surface area contributed by atoms with Crippen LogP contribution in [0.15, 0.2) is 6.07 Å². The van der Waals surface area contributed by atoms with Gasteiger partial charge in [-0.15, -0.1) is 0 Å². The summed E-state index contributed by atoms with van der Waals surface area (Å²) in [6, 6.07) is 1.67. The van der Waals surface area contributed by atoms with Gasteiger partial charge in [-0.25, -0.2) is 0 Å². The Morgan fingerprint density at radius 2 is 2.27 bits per heavy atom. The Morgan fingerprint density at radius 3 is 2.80 bits per heavy atom. The third-order valence-corrected chi connectivity index (χ3v) is 2.54. The van der Waals surface area contributed by atoms with Crippen LogP contribution in [0.3, 0.4) is 0 Å². The number of carbonyl (C=O) groups excluding carboxylic acids is 1. The molecule has 81 valence electrons. The summed E-state index contributed by atoms with van der Waals surface area (Å²) in [5, 5.41) is 0.476. The fourth-order valence-corrected chi connectivity index (χ4v) is 1.55. The van der Waals surface area contributed by atoms with Crippen LogP contribution >= 0.6 is 11.6 Å². The van der Waals surface area contributed by atoms with Gasteiger partial charge in [-0.3, -0.25) is 4.79 Å². The Morgan fingerprint density at radius 1 is 1.67 bits per heavy atom. The molecule has 3 nitrogen and oxygen atoms in total.